The molecule has 25 heavy (non-hydrogen) atoms. The van der Waals surface area contributed by atoms with Crippen LogP contribution in [0.5, 0.6) is 0 Å². The van der Waals surface area contributed by atoms with Crippen molar-refractivity contribution in [2.75, 3.05) is 19.0 Å². The number of amides is 2. The fraction of sp³-hybridized carbons (Fsp3) is 0.706. The Morgan fingerprint density at radius 1 is 1.36 bits per heavy atom. The van der Waals surface area contributed by atoms with E-state index < -0.39 is 0 Å². The van der Waals surface area contributed by atoms with Gasteiger partial charge in [0, 0.05) is 19.1 Å². The van der Waals surface area contributed by atoms with Gasteiger partial charge in [0.25, 0.3) is 0 Å². The molecule has 1 saturated heterocycles. The number of hydrogen-bond acceptors (Lipinski definition) is 3. The number of carbonyl (C=O) groups excluding carboxylic acids is 2. The van der Waals surface area contributed by atoms with Crippen molar-refractivity contribution in [2.24, 2.45) is 5.92 Å². The summed E-state index contributed by atoms with van der Waals surface area (Å²) in [6.07, 6.45) is 2.81. The van der Waals surface area contributed by atoms with Crippen molar-refractivity contribution in [3.8, 4) is 0 Å². The van der Waals surface area contributed by atoms with Crippen molar-refractivity contribution in [1.29, 1.82) is 0 Å². The molecule has 0 saturated carbocycles. The quantitative estimate of drug-likeness (QED) is 0.761. The Labute approximate surface area is 158 Å². The van der Waals surface area contributed by atoms with Crippen LogP contribution in [0.1, 0.15) is 37.6 Å². The molecule has 0 aromatic carbocycles. The van der Waals surface area contributed by atoms with Crippen LogP contribution in [0.2, 0.25) is 5.02 Å². The fourth-order valence-corrected chi connectivity index (χ4v) is 3.68. The van der Waals surface area contributed by atoms with Crippen molar-refractivity contribution in [3.63, 3.8) is 0 Å². The van der Waals surface area contributed by atoms with Crippen molar-refractivity contribution in [2.45, 2.75) is 52.6 Å². The van der Waals surface area contributed by atoms with E-state index in [9.17, 15) is 9.59 Å². The van der Waals surface area contributed by atoms with Gasteiger partial charge in [-0.05, 0) is 39.0 Å². The zero-order chi connectivity index (χ0) is 18.6. The third kappa shape index (κ3) is 4.88. The van der Waals surface area contributed by atoms with Crippen LogP contribution in [0.4, 0.5) is 0 Å². The second kappa shape index (κ2) is 8.90. The molecule has 0 bridgehead atoms. The van der Waals surface area contributed by atoms with E-state index in [-0.39, 0.29) is 30.3 Å². The molecule has 1 aromatic rings. The van der Waals surface area contributed by atoms with Gasteiger partial charge in [-0.1, -0.05) is 18.5 Å². The van der Waals surface area contributed by atoms with E-state index in [1.165, 1.54) is 0 Å². The first-order valence-electron chi connectivity index (χ1n) is 8.66. The average Bonchev–Trinajstić information content (AvgIpc) is 2.82. The molecule has 2 rings (SSSR count). The van der Waals surface area contributed by atoms with Gasteiger partial charge >= 0.3 is 0 Å². The number of nitrogens with zero attached hydrogens (tertiary/aromatic N) is 3. The number of aromatic nitrogens is 2. The van der Waals surface area contributed by atoms with Gasteiger partial charge in [0.2, 0.25) is 11.8 Å². The molecule has 0 spiro atoms. The molecule has 2 heterocycles. The fourth-order valence-electron chi connectivity index (χ4n) is 3.45. The Balaban J connectivity index is 2.03. The van der Waals surface area contributed by atoms with Crippen LogP contribution in [0.15, 0.2) is 0 Å². The van der Waals surface area contributed by atoms with Crippen molar-refractivity contribution in [1.82, 2.24) is 20.0 Å². The van der Waals surface area contributed by atoms with E-state index in [0.717, 1.165) is 37.2 Å². The second-order valence-corrected chi connectivity index (χ2v) is 7.33. The van der Waals surface area contributed by atoms with Gasteiger partial charge in [-0.3, -0.25) is 14.3 Å². The van der Waals surface area contributed by atoms with Crippen LogP contribution in [0.25, 0.3) is 0 Å². The number of aryl methyl sites for hydroxylation is 1. The zero-order valence-electron chi connectivity index (χ0n) is 15.0. The largest absolute Gasteiger partial charge is 0.355 e. The second-order valence-electron chi connectivity index (χ2n) is 6.69. The molecule has 1 fully saturated rings. The SMILES string of the molecule is Cc1nn(CC(=O)N2CCCC(C)C2CCNC(=O)CCl)c(C)c1Cl. The minimum absolute atomic E-state index is 0.0401. The normalized spacial score (nSPS) is 20.6. The highest BCUT2D eigenvalue weighted by molar-refractivity contribution is 6.31. The number of halogens is 2. The predicted molar refractivity (Wildman–Crippen MR) is 99.0 cm³/mol. The lowest BCUT2D eigenvalue weighted by Crippen LogP contribution is -2.50. The molecule has 6 nitrogen and oxygen atoms in total. The molecule has 0 aliphatic carbocycles. The van der Waals surface area contributed by atoms with Crippen LogP contribution >= 0.6 is 23.2 Å². The maximum absolute atomic E-state index is 12.9. The smallest absolute Gasteiger partial charge is 0.244 e. The lowest BCUT2D eigenvalue weighted by molar-refractivity contribution is -0.137. The molecule has 2 amide bonds. The molecule has 1 aromatic heterocycles. The van der Waals surface area contributed by atoms with Gasteiger partial charge < -0.3 is 10.2 Å². The minimum atomic E-state index is -0.180. The molecule has 1 aliphatic rings. The Hall–Kier alpha value is -1.27. The van der Waals surface area contributed by atoms with Crippen LogP contribution in [-0.2, 0) is 16.1 Å². The lowest BCUT2D eigenvalue weighted by Gasteiger charge is -2.40. The maximum Gasteiger partial charge on any atom is 0.244 e. The van der Waals surface area contributed by atoms with Gasteiger partial charge in [-0.2, -0.15) is 5.10 Å². The number of rotatable bonds is 6. The van der Waals surface area contributed by atoms with Crippen molar-refractivity contribution < 1.29 is 9.59 Å². The van der Waals surface area contributed by atoms with E-state index >= 15 is 0 Å². The summed E-state index contributed by atoms with van der Waals surface area (Å²) in [4.78, 5) is 26.1. The van der Waals surface area contributed by atoms with Gasteiger partial charge in [0.05, 0.1) is 16.4 Å². The molecule has 1 N–H and O–H groups in total. The summed E-state index contributed by atoms with van der Waals surface area (Å²) >= 11 is 11.7. The Morgan fingerprint density at radius 3 is 2.68 bits per heavy atom. The first-order chi connectivity index (χ1) is 11.8. The summed E-state index contributed by atoms with van der Waals surface area (Å²) in [7, 11) is 0. The molecule has 140 valence electrons. The molecule has 0 radical (unpaired) electrons. The first kappa shape index (κ1) is 20.0. The van der Waals surface area contributed by atoms with E-state index in [0.29, 0.717) is 17.5 Å². The Kier molecular flexibility index (Phi) is 7.14. The third-order valence-corrected chi connectivity index (χ3v) is 5.69. The Bertz CT molecular complexity index is 632. The van der Waals surface area contributed by atoms with Gasteiger partial charge in [0.1, 0.15) is 12.4 Å². The summed E-state index contributed by atoms with van der Waals surface area (Å²) in [6.45, 7) is 7.32. The van der Waals surface area contributed by atoms with E-state index in [2.05, 4.69) is 17.3 Å². The summed E-state index contributed by atoms with van der Waals surface area (Å²) in [6, 6.07) is 0.115. The zero-order valence-corrected chi connectivity index (χ0v) is 16.5. The van der Waals surface area contributed by atoms with E-state index in [1.54, 1.807) is 4.68 Å². The number of piperidine rings is 1. The van der Waals surface area contributed by atoms with Crippen molar-refractivity contribution in [3.05, 3.63) is 16.4 Å². The number of nitrogens with one attached hydrogen (secondary N) is 1. The standard InChI is InChI=1S/C17H26Cl2N4O2/c1-11-5-4-8-22(14(11)6-7-20-15(24)9-18)16(25)10-23-13(3)17(19)12(2)21-23/h11,14H,4-10H2,1-3H3,(H,20,24). The predicted octanol–water partition coefficient (Wildman–Crippen LogP) is 2.53. The van der Waals surface area contributed by atoms with Crippen LogP contribution in [-0.4, -0.2) is 51.5 Å². The summed E-state index contributed by atoms with van der Waals surface area (Å²) < 4.78 is 1.67. The molecule has 8 heteroatoms. The van der Waals surface area contributed by atoms with Crippen molar-refractivity contribution >= 4 is 35.0 Å². The number of alkyl halides is 1. The summed E-state index contributed by atoms with van der Waals surface area (Å²) in [5.41, 5.74) is 1.54. The number of likely N-dealkylation sites (tertiary alicyclic amines) is 1. The topological polar surface area (TPSA) is 67.2 Å². The molecule has 2 atom stereocenters. The highest BCUT2D eigenvalue weighted by atomic mass is 35.5. The van der Waals surface area contributed by atoms with Gasteiger partial charge in [-0.25, -0.2) is 0 Å². The highest BCUT2D eigenvalue weighted by Gasteiger charge is 2.32. The van der Waals surface area contributed by atoms with E-state index in [4.69, 9.17) is 23.2 Å². The van der Waals surface area contributed by atoms with Crippen LogP contribution in [0.3, 0.4) is 0 Å². The van der Waals surface area contributed by atoms with Gasteiger partial charge in [-0.15, -0.1) is 11.6 Å². The summed E-state index contributed by atoms with van der Waals surface area (Å²) in [5, 5.41) is 7.75. The highest BCUT2D eigenvalue weighted by Crippen LogP contribution is 2.26. The number of carbonyl (C=O) groups is 2. The summed E-state index contributed by atoms with van der Waals surface area (Å²) in [5.74, 6) is 0.221. The molecular weight excluding hydrogens is 363 g/mol. The molecular formula is C17H26Cl2N4O2. The average molecular weight is 389 g/mol. The Morgan fingerprint density at radius 2 is 2.08 bits per heavy atom. The molecule has 1 aliphatic heterocycles. The van der Waals surface area contributed by atoms with Crippen LogP contribution in [0, 0.1) is 19.8 Å². The van der Waals surface area contributed by atoms with Crippen LogP contribution < -0.4 is 5.32 Å². The maximum atomic E-state index is 12.9. The van der Waals surface area contributed by atoms with Gasteiger partial charge in [0.15, 0.2) is 0 Å². The first-order valence-corrected chi connectivity index (χ1v) is 9.58. The van der Waals surface area contributed by atoms with E-state index in [1.807, 2.05) is 18.7 Å². The molecule has 2 unspecified atom stereocenters. The lowest BCUT2D eigenvalue weighted by atomic mass is 9.88. The third-order valence-electron chi connectivity index (χ3n) is 4.90. The minimum Gasteiger partial charge on any atom is -0.355 e. The number of hydrogen-bond donors (Lipinski definition) is 1. The monoisotopic (exact) mass is 388 g/mol.